The summed E-state index contributed by atoms with van der Waals surface area (Å²) in [7, 11) is 4.43. The third-order valence-electron chi connectivity index (χ3n) is 4.99. The van der Waals surface area contributed by atoms with Crippen LogP contribution in [0.25, 0.3) is 0 Å². The van der Waals surface area contributed by atoms with Crippen LogP contribution in [0.2, 0.25) is 0 Å². The molecule has 1 heterocycles. The van der Waals surface area contributed by atoms with Crippen LogP contribution < -0.4 is 14.2 Å². The SMILES string of the molecule is CCOC(=O)/C=C/C1CN(C(=O)c2cc(OC)c(OC)c(OC)c2)CCN1C(=O)OC(C)(C)C. The van der Waals surface area contributed by atoms with Gasteiger partial charge in [0.05, 0.1) is 34.0 Å². The van der Waals surface area contributed by atoms with Gasteiger partial charge < -0.3 is 28.6 Å². The second-order valence-corrected chi connectivity index (χ2v) is 8.52. The second kappa shape index (κ2) is 11.6. The summed E-state index contributed by atoms with van der Waals surface area (Å²) in [6.07, 6.45) is 2.29. The van der Waals surface area contributed by atoms with Gasteiger partial charge in [-0.15, -0.1) is 0 Å². The van der Waals surface area contributed by atoms with Crippen LogP contribution >= 0.6 is 0 Å². The Hall–Kier alpha value is -3.43. The van der Waals surface area contributed by atoms with Crippen molar-refractivity contribution in [2.75, 3.05) is 47.6 Å². The molecule has 1 aromatic carbocycles. The van der Waals surface area contributed by atoms with Crippen molar-refractivity contribution in [2.24, 2.45) is 0 Å². The molecule has 1 atom stereocenters. The monoisotopic (exact) mass is 478 g/mol. The van der Waals surface area contributed by atoms with Crippen LogP contribution in [0.5, 0.6) is 17.2 Å². The largest absolute Gasteiger partial charge is 0.493 e. The first-order valence-corrected chi connectivity index (χ1v) is 11.0. The highest BCUT2D eigenvalue weighted by Crippen LogP contribution is 2.38. The Labute approximate surface area is 200 Å². The number of carbonyl (C=O) groups is 3. The zero-order valence-electron chi connectivity index (χ0n) is 20.9. The van der Waals surface area contributed by atoms with E-state index in [9.17, 15) is 14.4 Å². The lowest BCUT2D eigenvalue weighted by Gasteiger charge is -2.40. The summed E-state index contributed by atoms with van der Waals surface area (Å²) in [6, 6.07) is 2.57. The van der Waals surface area contributed by atoms with Gasteiger partial charge in [0.1, 0.15) is 5.60 Å². The Kier molecular flexibility index (Phi) is 9.17. The maximum Gasteiger partial charge on any atom is 0.410 e. The topological polar surface area (TPSA) is 104 Å². The van der Waals surface area contributed by atoms with E-state index in [1.807, 2.05) is 0 Å². The minimum Gasteiger partial charge on any atom is -0.493 e. The first kappa shape index (κ1) is 26.8. The summed E-state index contributed by atoms with van der Waals surface area (Å²) in [5.74, 6) is 0.288. The van der Waals surface area contributed by atoms with Crippen LogP contribution in [-0.2, 0) is 14.3 Å². The van der Waals surface area contributed by atoms with E-state index < -0.39 is 23.7 Å². The number of hydrogen-bond acceptors (Lipinski definition) is 8. The molecule has 10 heteroatoms. The number of nitrogens with zero attached hydrogens (tertiary/aromatic N) is 2. The summed E-state index contributed by atoms with van der Waals surface area (Å²) in [5.41, 5.74) is -0.344. The average Bonchev–Trinajstić information content (AvgIpc) is 2.80. The fraction of sp³-hybridized carbons (Fsp3) is 0.542. The Balaban J connectivity index is 2.32. The maximum atomic E-state index is 13.4. The first-order chi connectivity index (χ1) is 16.0. The van der Waals surface area contributed by atoms with E-state index in [4.69, 9.17) is 23.7 Å². The van der Waals surface area contributed by atoms with Crippen molar-refractivity contribution in [1.29, 1.82) is 0 Å². The van der Waals surface area contributed by atoms with Crippen molar-refractivity contribution in [3.8, 4) is 17.2 Å². The predicted octanol–water partition coefficient (Wildman–Crippen LogP) is 2.89. The van der Waals surface area contributed by atoms with Gasteiger partial charge >= 0.3 is 12.1 Å². The van der Waals surface area contributed by atoms with Crippen molar-refractivity contribution in [3.63, 3.8) is 0 Å². The number of hydrogen-bond donors (Lipinski definition) is 0. The first-order valence-electron chi connectivity index (χ1n) is 11.0. The molecule has 0 radical (unpaired) electrons. The summed E-state index contributed by atoms with van der Waals surface area (Å²) >= 11 is 0. The summed E-state index contributed by atoms with van der Waals surface area (Å²) in [4.78, 5) is 41.1. The molecule has 1 aliphatic heterocycles. The molecule has 0 spiro atoms. The zero-order chi connectivity index (χ0) is 25.5. The maximum absolute atomic E-state index is 13.4. The number of piperazine rings is 1. The molecule has 2 rings (SSSR count). The number of methoxy groups -OCH3 is 3. The van der Waals surface area contributed by atoms with Gasteiger partial charge in [0, 0.05) is 31.3 Å². The van der Waals surface area contributed by atoms with E-state index in [2.05, 4.69) is 0 Å². The molecule has 0 aromatic heterocycles. The quantitative estimate of drug-likeness (QED) is 0.435. The van der Waals surface area contributed by atoms with Crippen LogP contribution in [0.4, 0.5) is 4.79 Å². The Bertz CT molecular complexity index is 897. The molecular formula is C24H34N2O8. The van der Waals surface area contributed by atoms with Crippen LogP contribution in [0, 0.1) is 0 Å². The normalized spacial score (nSPS) is 16.3. The van der Waals surface area contributed by atoms with E-state index in [1.54, 1.807) is 50.8 Å². The molecule has 188 valence electrons. The summed E-state index contributed by atoms with van der Waals surface area (Å²) in [5, 5.41) is 0. The molecule has 1 saturated heterocycles. The van der Waals surface area contributed by atoms with Gasteiger partial charge in [0.2, 0.25) is 5.75 Å². The third-order valence-corrected chi connectivity index (χ3v) is 4.99. The highest BCUT2D eigenvalue weighted by atomic mass is 16.6. The van der Waals surface area contributed by atoms with Crippen LogP contribution in [0.3, 0.4) is 0 Å². The zero-order valence-corrected chi connectivity index (χ0v) is 20.9. The molecule has 0 bridgehead atoms. The molecule has 1 unspecified atom stereocenters. The number of carbonyl (C=O) groups excluding carboxylic acids is 3. The molecule has 1 fully saturated rings. The molecule has 1 aliphatic rings. The van der Waals surface area contributed by atoms with Crippen LogP contribution in [0.1, 0.15) is 38.1 Å². The smallest absolute Gasteiger partial charge is 0.410 e. The standard InChI is InChI=1S/C24H34N2O8/c1-8-33-20(27)10-9-17-15-25(11-12-26(17)23(29)34-24(2,3)4)22(28)16-13-18(30-5)21(32-7)19(14-16)31-6/h9-10,13-14,17H,8,11-12,15H2,1-7H3/b10-9+. The van der Waals surface area contributed by atoms with Crippen molar-refractivity contribution in [3.05, 3.63) is 29.8 Å². The van der Waals surface area contributed by atoms with E-state index in [0.717, 1.165) is 0 Å². The van der Waals surface area contributed by atoms with Gasteiger partial charge in [-0.05, 0) is 39.8 Å². The number of ether oxygens (including phenoxy) is 5. The molecule has 2 amide bonds. The van der Waals surface area contributed by atoms with Crippen molar-refractivity contribution in [2.45, 2.75) is 39.3 Å². The second-order valence-electron chi connectivity index (χ2n) is 8.52. The Morgan fingerprint density at radius 3 is 2.15 bits per heavy atom. The van der Waals surface area contributed by atoms with Crippen molar-refractivity contribution in [1.82, 2.24) is 9.80 Å². The number of amides is 2. The van der Waals surface area contributed by atoms with E-state index in [1.165, 1.54) is 32.3 Å². The minimum absolute atomic E-state index is 0.157. The highest BCUT2D eigenvalue weighted by Gasteiger charge is 2.34. The fourth-order valence-electron chi connectivity index (χ4n) is 3.47. The van der Waals surface area contributed by atoms with E-state index >= 15 is 0 Å². The minimum atomic E-state index is -0.685. The van der Waals surface area contributed by atoms with Gasteiger partial charge in [-0.1, -0.05) is 6.08 Å². The lowest BCUT2D eigenvalue weighted by Crippen LogP contribution is -2.56. The molecule has 34 heavy (non-hydrogen) atoms. The van der Waals surface area contributed by atoms with Gasteiger partial charge in [-0.2, -0.15) is 0 Å². The van der Waals surface area contributed by atoms with Crippen LogP contribution in [0.15, 0.2) is 24.3 Å². The Morgan fingerprint density at radius 1 is 1.03 bits per heavy atom. The molecule has 0 N–H and O–H groups in total. The van der Waals surface area contributed by atoms with E-state index in [0.29, 0.717) is 22.8 Å². The van der Waals surface area contributed by atoms with Crippen molar-refractivity contribution >= 4 is 18.0 Å². The van der Waals surface area contributed by atoms with Gasteiger partial charge in [-0.25, -0.2) is 9.59 Å². The number of esters is 1. The van der Waals surface area contributed by atoms with Crippen LogP contribution in [-0.4, -0.2) is 87.0 Å². The predicted molar refractivity (Wildman–Crippen MR) is 125 cm³/mol. The third kappa shape index (κ3) is 6.79. The van der Waals surface area contributed by atoms with Gasteiger partial charge in [0.25, 0.3) is 5.91 Å². The molecule has 0 aliphatic carbocycles. The lowest BCUT2D eigenvalue weighted by atomic mass is 10.1. The van der Waals surface area contributed by atoms with Gasteiger partial charge in [0.15, 0.2) is 11.5 Å². The van der Waals surface area contributed by atoms with Crippen molar-refractivity contribution < 1.29 is 38.1 Å². The summed E-state index contributed by atoms with van der Waals surface area (Å²) in [6.45, 7) is 7.92. The average molecular weight is 479 g/mol. The van der Waals surface area contributed by atoms with Gasteiger partial charge in [-0.3, -0.25) is 9.69 Å². The molecule has 1 aromatic rings. The fourth-order valence-corrected chi connectivity index (χ4v) is 3.47. The number of benzene rings is 1. The molecule has 0 saturated carbocycles. The lowest BCUT2D eigenvalue weighted by molar-refractivity contribution is -0.137. The van der Waals surface area contributed by atoms with E-state index in [-0.39, 0.29) is 32.1 Å². The molecular weight excluding hydrogens is 444 g/mol. The Morgan fingerprint density at radius 2 is 1.65 bits per heavy atom. The number of rotatable bonds is 7. The molecule has 10 nitrogen and oxygen atoms in total. The summed E-state index contributed by atoms with van der Waals surface area (Å²) < 4.78 is 26.5. The highest BCUT2D eigenvalue weighted by molar-refractivity contribution is 5.96.